The van der Waals surface area contributed by atoms with Gasteiger partial charge in [-0.2, -0.15) is 0 Å². The zero-order valence-corrected chi connectivity index (χ0v) is 15.5. The van der Waals surface area contributed by atoms with Gasteiger partial charge in [-0.05, 0) is 31.2 Å². The first kappa shape index (κ1) is 18.2. The number of hydrogen-bond donors (Lipinski definition) is 1. The Hall–Kier alpha value is -2.65. The molecule has 3 rings (SSSR count). The van der Waals surface area contributed by atoms with Gasteiger partial charge in [-0.3, -0.25) is 15.1 Å². The van der Waals surface area contributed by atoms with Crippen molar-refractivity contribution in [2.45, 2.75) is 18.2 Å². The number of benzene rings is 1. The topological polar surface area (TPSA) is 102 Å². The Morgan fingerprint density at radius 2 is 1.92 bits per heavy atom. The standard InChI is InChI=1S/C17H16N4O3S2/c1-12-4-6-14(7-5-12)26(23,24)10-8-15-20-21-17(25-15)19-16(22)13-3-2-9-18-11-13/h2-7,9,11H,8,10H2,1H3,(H,19,21,22). The molecule has 0 fully saturated rings. The number of carbonyl (C=O) groups excluding carboxylic acids is 1. The van der Waals surface area contributed by atoms with E-state index in [9.17, 15) is 13.2 Å². The third-order valence-corrected chi connectivity index (χ3v) is 6.21. The summed E-state index contributed by atoms with van der Waals surface area (Å²) < 4.78 is 24.7. The van der Waals surface area contributed by atoms with Crippen molar-refractivity contribution in [3.63, 3.8) is 0 Å². The zero-order valence-electron chi connectivity index (χ0n) is 13.9. The first-order valence-electron chi connectivity index (χ1n) is 7.77. The fourth-order valence-electron chi connectivity index (χ4n) is 2.16. The van der Waals surface area contributed by atoms with E-state index in [1.165, 1.54) is 6.20 Å². The van der Waals surface area contributed by atoms with Gasteiger partial charge >= 0.3 is 0 Å². The average Bonchev–Trinajstić information content (AvgIpc) is 3.09. The van der Waals surface area contributed by atoms with E-state index >= 15 is 0 Å². The van der Waals surface area contributed by atoms with Crippen LogP contribution in [0.2, 0.25) is 0 Å². The van der Waals surface area contributed by atoms with E-state index in [0.29, 0.717) is 15.7 Å². The summed E-state index contributed by atoms with van der Waals surface area (Å²) in [6, 6.07) is 10.0. The molecule has 0 spiro atoms. The Kier molecular flexibility index (Phi) is 5.38. The highest BCUT2D eigenvalue weighted by Crippen LogP contribution is 2.19. The Morgan fingerprint density at radius 1 is 1.15 bits per heavy atom. The molecule has 26 heavy (non-hydrogen) atoms. The lowest BCUT2D eigenvalue weighted by Crippen LogP contribution is -2.11. The Balaban J connectivity index is 1.62. The molecule has 0 aliphatic heterocycles. The third-order valence-electron chi connectivity index (χ3n) is 3.58. The molecule has 0 atom stereocenters. The van der Waals surface area contributed by atoms with Gasteiger partial charge in [-0.15, -0.1) is 10.2 Å². The van der Waals surface area contributed by atoms with Crippen LogP contribution in [0.4, 0.5) is 5.13 Å². The molecule has 0 saturated carbocycles. The highest BCUT2D eigenvalue weighted by molar-refractivity contribution is 7.91. The third kappa shape index (κ3) is 4.50. The maximum Gasteiger partial charge on any atom is 0.259 e. The van der Waals surface area contributed by atoms with Crippen LogP contribution in [-0.4, -0.2) is 35.3 Å². The van der Waals surface area contributed by atoms with Crippen LogP contribution in [0.25, 0.3) is 0 Å². The molecule has 2 heterocycles. The second kappa shape index (κ2) is 7.71. The first-order valence-corrected chi connectivity index (χ1v) is 10.2. The first-order chi connectivity index (χ1) is 12.4. The smallest absolute Gasteiger partial charge is 0.259 e. The number of pyridine rings is 1. The number of aryl methyl sites for hydroxylation is 2. The minimum atomic E-state index is -3.39. The minimum Gasteiger partial charge on any atom is -0.296 e. The van der Waals surface area contributed by atoms with Gasteiger partial charge < -0.3 is 0 Å². The Labute approximate surface area is 155 Å². The summed E-state index contributed by atoms with van der Waals surface area (Å²) in [7, 11) is -3.39. The molecule has 2 aromatic heterocycles. The van der Waals surface area contributed by atoms with Gasteiger partial charge in [0.1, 0.15) is 5.01 Å². The van der Waals surface area contributed by atoms with E-state index in [1.54, 1.807) is 42.6 Å². The minimum absolute atomic E-state index is 0.0682. The number of amides is 1. The van der Waals surface area contributed by atoms with Crippen LogP contribution in [0, 0.1) is 6.92 Å². The molecular weight excluding hydrogens is 372 g/mol. The van der Waals surface area contributed by atoms with Crippen molar-refractivity contribution in [1.29, 1.82) is 0 Å². The summed E-state index contributed by atoms with van der Waals surface area (Å²) in [5.74, 6) is -0.408. The summed E-state index contributed by atoms with van der Waals surface area (Å²) in [4.78, 5) is 16.2. The van der Waals surface area contributed by atoms with Gasteiger partial charge in [0.05, 0.1) is 16.2 Å². The SMILES string of the molecule is Cc1ccc(S(=O)(=O)CCc2nnc(NC(=O)c3cccnc3)s2)cc1. The quantitative estimate of drug-likeness (QED) is 0.696. The van der Waals surface area contributed by atoms with Crippen LogP contribution in [0.1, 0.15) is 20.9 Å². The molecule has 0 unspecified atom stereocenters. The number of sulfone groups is 1. The monoisotopic (exact) mass is 388 g/mol. The molecule has 0 aliphatic rings. The van der Waals surface area contributed by atoms with Gasteiger partial charge in [0.2, 0.25) is 5.13 Å². The number of nitrogens with one attached hydrogen (secondary N) is 1. The summed E-state index contributed by atoms with van der Waals surface area (Å²) in [6.07, 6.45) is 3.26. The van der Waals surface area contributed by atoms with Gasteiger partial charge in [-0.1, -0.05) is 29.0 Å². The molecule has 0 bridgehead atoms. The number of nitrogens with zero attached hydrogens (tertiary/aromatic N) is 3. The van der Waals surface area contributed by atoms with E-state index in [-0.39, 0.29) is 23.0 Å². The molecule has 1 N–H and O–H groups in total. The van der Waals surface area contributed by atoms with E-state index in [2.05, 4.69) is 20.5 Å². The predicted molar refractivity (Wildman–Crippen MR) is 99.0 cm³/mol. The number of rotatable bonds is 6. The summed E-state index contributed by atoms with van der Waals surface area (Å²) in [5, 5.41) is 11.3. The summed E-state index contributed by atoms with van der Waals surface area (Å²) in [6.45, 7) is 1.90. The average molecular weight is 388 g/mol. The van der Waals surface area contributed by atoms with Crippen LogP contribution >= 0.6 is 11.3 Å². The molecule has 9 heteroatoms. The molecule has 7 nitrogen and oxygen atoms in total. The fourth-order valence-corrected chi connectivity index (χ4v) is 4.27. The number of hydrogen-bond acceptors (Lipinski definition) is 7. The fraction of sp³-hybridized carbons (Fsp3) is 0.176. The predicted octanol–water partition coefficient (Wildman–Crippen LogP) is 2.51. The zero-order chi connectivity index (χ0) is 18.6. The van der Waals surface area contributed by atoms with E-state index in [1.807, 2.05) is 6.92 Å². The highest BCUT2D eigenvalue weighted by atomic mass is 32.2. The second-order valence-electron chi connectivity index (χ2n) is 5.58. The van der Waals surface area contributed by atoms with Crippen molar-refractivity contribution < 1.29 is 13.2 Å². The molecule has 134 valence electrons. The molecule has 0 saturated heterocycles. The lowest BCUT2D eigenvalue weighted by Gasteiger charge is -2.03. The van der Waals surface area contributed by atoms with Crippen LogP contribution in [-0.2, 0) is 16.3 Å². The maximum absolute atomic E-state index is 12.4. The second-order valence-corrected chi connectivity index (χ2v) is 8.75. The van der Waals surface area contributed by atoms with Crippen molar-refractivity contribution >= 4 is 32.2 Å². The van der Waals surface area contributed by atoms with Crippen molar-refractivity contribution in [1.82, 2.24) is 15.2 Å². The van der Waals surface area contributed by atoms with Crippen molar-refractivity contribution in [3.8, 4) is 0 Å². The molecular formula is C17H16N4O3S2. The van der Waals surface area contributed by atoms with Crippen LogP contribution < -0.4 is 5.32 Å². The Bertz CT molecular complexity index is 1000. The van der Waals surface area contributed by atoms with Gasteiger partial charge in [0.15, 0.2) is 9.84 Å². The number of carbonyl (C=O) groups is 1. The molecule has 1 amide bonds. The van der Waals surface area contributed by atoms with Crippen LogP contribution in [0.5, 0.6) is 0 Å². The molecule has 0 radical (unpaired) electrons. The number of aromatic nitrogens is 3. The lowest BCUT2D eigenvalue weighted by atomic mass is 10.2. The largest absolute Gasteiger partial charge is 0.296 e. The molecule has 0 aliphatic carbocycles. The van der Waals surface area contributed by atoms with Crippen molar-refractivity contribution in [2.24, 2.45) is 0 Å². The van der Waals surface area contributed by atoms with Crippen LogP contribution in [0.3, 0.4) is 0 Å². The maximum atomic E-state index is 12.4. The van der Waals surface area contributed by atoms with Crippen molar-refractivity contribution in [2.75, 3.05) is 11.1 Å². The highest BCUT2D eigenvalue weighted by Gasteiger charge is 2.16. The van der Waals surface area contributed by atoms with Crippen molar-refractivity contribution in [3.05, 3.63) is 64.9 Å². The number of anilines is 1. The summed E-state index contributed by atoms with van der Waals surface area (Å²) in [5.41, 5.74) is 1.41. The van der Waals surface area contributed by atoms with E-state index in [4.69, 9.17) is 0 Å². The Morgan fingerprint density at radius 3 is 2.62 bits per heavy atom. The van der Waals surface area contributed by atoms with Gasteiger partial charge in [0.25, 0.3) is 5.91 Å². The van der Waals surface area contributed by atoms with E-state index < -0.39 is 9.84 Å². The van der Waals surface area contributed by atoms with E-state index in [0.717, 1.165) is 16.9 Å². The normalized spacial score (nSPS) is 11.3. The van der Waals surface area contributed by atoms with Crippen LogP contribution in [0.15, 0.2) is 53.7 Å². The van der Waals surface area contributed by atoms with Gasteiger partial charge in [0, 0.05) is 18.8 Å². The molecule has 3 aromatic rings. The molecule has 1 aromatic carbocycles. The van der Waals surface area contributed by atoms with Gasteiger partial charge in [-0.25, -0.2) is 8.42 Å². The lowest BCUT2D eigenvalue weighted by molar-refractivity contribution is 0.102. The summed E-state index contributed by atoms with van der Waals surface area (Å²) >= 11 is 1.16.